The Balaban J connectivity index is 1.74. The molecule has 19 heavy (non-hydrogen) atoms. The molecule has 1 N–H and O–H groups in total. The molecule has 0 bridgehead atoms. The topological polar surface area (TPSA) is 41.1 Å². The molecule has 2 aliphatic rings. The Morgan fingerprint density at radius 2 is 1.89 bits per heavy atom. The number of halogens is 1. The lowest BCUT2D eigenvalue weighted by Gasteiger charge is -2.40. The van der Waals surface area contributed by atoms with E-state index < -0.39 is 0 Å². The summed E-state index contributed by atoms with van der Waals surface area (Å²) in [6.07, 6.45) is 10.2. The van der Waals surface area contributed by atoms with Crippen LogP contribution in [0.1, 0.15) is 38.5 Å². The molecule has 1 aliphatic carbocycles. The Labute approximate surface area is 123 Å². The fourth-order valence-corrected chi connectivity index (χ4v) is 3.96. The smallest absolute Gasteiger partial charge is 0.224 e. The second-order valence-electron chi connectivity index (χ2n) is 5.81. The van der Waals surface area contributed by atoms with Crippen LogP contribution in [0.5, 0.6) is 0 Å². The van der Waals surface area contributed by atoms with Crippen molar-refractivity contribution in [3.8, 4) is 0 Å². The Morgan fingerprint density at radius 3 is 2.53 bits per heavy atom. The highest BCUT2D eigenvalue weighted by atomic mass is 79.9. The highest BCUT2D eigenvalue weighted by molar-refractivity contribution is 9.10. The van der Waals surface area contributed by atoms with Gasteiger partial charge in [0.05, 0.1) is 4.47 Å². The molecule has 104 valence electrons. The second kappa shape index (κ2) is 5.27. The summed E-state index contributed by atoms with van der Waals surface area (Å²) in [5.41, 5.74) is 0.655. The standard InChI is InChI=1S/C14H21BrN4/c1-16-13-17-10-11(15)12(18-13)19-8-6-14(7-9-19)4-2-3-5-14/h10H,2-9H2,1H3,(H,16,17,18). The van der Waals surface area contributed by atoms with Gasteiger partial charge >= 0.3 is 0 Å². The molecule has 1 spiro atoms. The first kappa shape index (κ1) is 13.2. The fraction of sp³-hybridized carbons (Fsp3) is 0.714. The van der Waals surface area contributed by atoms with Crippen LogP contribution in [0.3, 0.4) is 0 Å². The van der Waals surface area contributed by atoms with Gasteiger partial charge in [-0.1, -0.05) is 12.8 Å². The molecule has 4 nitrogen and oxygen atoms in total. The molecule has 5 heteroatoms. The van der Waals surface area contributed by atoms with E-state index in [1.54, 1.807) is 0 Å². The molecule has 0 aromatic carbocycles. The van der Waals surface area contributed by atoms with E-state index in [1.165, 1.54) is 38.5 Å². The number of anilines is 2. The summed E-state index contributed by atoms with van der Waals surface area (Å²) in [6.45, 7) is 2.25. The molecule has 1 aliphatic heterocycles. The summed E-state index contributed by atoms with van der Waals surface area (Å²) in [7, 11) is 1.86. The Hall–Kier alpha value is -0.840. The normalized spacial score (nSPS) is 21.9. The Kier molecular flexibility index (Phi) is 3.65. The first-order valence-corrected chi connectivity index (χ1v) is 7.97. The Morgan fingerprint density at radius 1 is 1.21 bits per heavy atom. The lowest BCUT2D eigenvalue weighted by atomic mass is 9.77. The summed E-state index contributed by atoms with van der Waals surface area (Å²) >= 11 is 3.58. The van der Waals surface area contributed by atoms with E-state index in [-0.39, 0.29) is 0 Å². The average Bonchev–Trinajstić information content (AvgIpc) is 2.89. The van der Waals surface area contributed by atoms with Crippen LogP contribution in [-0.2, 0) is 0 Å². The molecule has 2 heterocycles. The van der Waals surface area contributed by atoms with Gasteiger partial charge in [-0.05, 0) is 47.0 Å². The number of hydrogen-bond acceptors (Lipinski definition) is 4. The summed E-state index contributed by atoms with van der Waals surface area (Å²) in [5.74, 6) is 1.73. The van der Waals surface area contributed by atoms with Crippen LogP contribution in [-0.4, -0.2) is 30.1 Å². The van der Waals surface area contributed by atoms with Crippen LogP contribution in [0.15, 0.2) is 10.7 Å². The summed E-state index contributed by atoms with van der Waals surface area (Å²) in [4.78, 5) is 11.2. The number of hydrogen-bond donors (Lipinski definition) is 1. The number of nitrogens with zero attached hydrogens (tertiary/aromatic N) is 3. The maximum atomic E-state index is 4.59. The van der Waals surface area contributed by atoms with Crippen molar-refractivity contribution in [2.75, 3.05) is 30.4 Å². The number of rotatable bonds is 2. The SMILES string of the molecule is CNc1ncc(Br)c(N2CCC3(CCCC3)CC2)n1. The summed E-state index contributed by atoms with van der Waals surface area (Å²) in [5, 5.41) is 3.01. The van der Waals surface area contributed by atoms with Gasteiger partial charge in [0, 0.05) is 26.3 Å². The van der Waals surface area contributed by atoms with Crippen molar-refractivity contribution >= 4 is 27.7 Å². The van der Waals surface area contributed by atoms with Crippen molar-refractivity contribution in [2.45, 2.75) is 38.5 Å². The minimum absolute atomic E-state index is 0.655. The van der Waals surface area contributed by atoms with Crippen LogP contribution in [0.25, 0.3) is 0 Å². The van der Waals surface area contributed by atoms with Gasteiger partial charge in [-0.15, -0.1) is 0 Å². The molecular formula is C14H21BrN4. The largest absolute Gasteiger partial charge is 0.357 e. The predicted octanol–water partition coefficient (Wildman–Crippen LogP) is 3.44. The number of aromatic nitrogens is 2. The maximum Gasteiger partial charge on any atom is 0.224 e. The van der Waals surface area contributed by atoms with E-state index in [2.05, 4.69) is 36.1 Å². The van der Waals surface area contributed by atoms with Crippen LogP contribution in [0.2, 0.25) is 0 Å². The van der Waals surface area contributed by atoms with Gasteiger partial charge in [0.2, 0.25) is 5.95 Å². The van der Waals surface area contributed by atoms with Crippen molar-refractivity contribution in [2.24, 2.45) is 5.41 Å². The van der Waals surface area contributed by atoms with Crippen molar-refractivity contribution < 1.29 is 0 Å². The zero-order chi connectivity index (χ0) is 13.3. The van der Waals surface area contributed by atoms with Gasteiger partial charge in [-0.3, -0.25) is 0 Å². The minimum Gasteiger partial charge on any atom is -0.357 e. The highest BCUT2D eigenvalue weighted by Crippen LogP contribution is 2.46. The molecule has 3 rings (SSSR count). The van der Waals surface area contributed by atoms with Crippen molar-refractivity contribution in [3.05, 3.63) is 10.7 Å². The zero-order valence-electron chi connectivity index (χ0n) is 11.5. The van der Waals surface area contributed by atoms with E-state index in [9.17, 15) is 0 Å². The predicted molar refractivity (Wildman–Crippen MR) is 81.6 cm³/mol. The minimum atomic E-state index is 0.655. The van der Waals surface area contributed by atoms with Gasteiger partial charge in [-0.25, -0.2) is 4.98 Å². The molecule has 0 radical (unpaired) electrons. The first-order chi connectivity index (χ1) is 9.22. The van der Waals surface area contributed by atoms with Crippen molar-refractivity contribution in [1.29, 1.82) is 0 Å². The van der Waals surface area contributed by atoms with E-state index in [4.69, 9.17) is 0 Å². The molecule has 0 unspecified atom stereocenters. The average molecular weight is 325 g/mol. The molecule has 1 saturated carbocycles. The van der Waals surface area contributed by atoms with Gasteiger partial charge in [0.15, 0.2) is 0 Å². The van der Waals surface area contributed by atoms with Crippen LogP contribution < -0.4 is 10.2 Å². The first-order valence-electron chi connectivity index (χ1n) is 7.18. The molecule has 0 amide bonds. The van der Waals surface area contributed by atoms with Gasteiger partial charge < -0.3 is 10.2 Å². The maximum absolute atomic E-state index is 4.59. The van der Waals surface area contributed by atoms with Gasteiger partial charge in [-0.2, -0.15) is 4.98 Å². The molecule has 1 saturated heterocycles. The van der Waals surface area contributed by atoms with E-state index in [1.807, 2.05) is 13.2 Å². The zero-order valence-corrected chi connectivity index (χ0v) is 13.0. The van der Waals surface area contributed by atoms with Gasteiger partial charge in [0.1, 0.15) is 5.82 Å². The molecule has 1 aromatic rings. The van der Waals surface area contributed by atoms with E-state index in [0.29, 0.717) is 11.4 Å². The second-order valence-corrected chi connectivity index (χ2v) is 6.66. The lowest BCUT2D eigenvalue weighted by Crippen LogP contribution is -2.39. The molecule has 0 atom stereocenters. The van der Waals surface area contributed by atoms with Crippen LogP contribution in [0, 0.1) is 5.41 Å². The van der Waals surface area contributed by atoms with Gasteiger partial charge in [0.25, 0.3) is 0 Å². The van der Waals surface area contributed by atoms with E-state index >= 15 is 0 Å². The van der Waals surface area contributed by atoms with Crippen molar-refractivity contribution in [3.63, 3.8) is 0 Å². The van der Waals surface area contributed by atoms with Crippen LogP contribution >= 0.6 is 15.9 Å². The monoisotopic (exact) mass is 324 g/mol. The molecule has 2 fully saturated rings. The van der Waals surface area contributed by atoms with E-state index in [0.717, 1.165) is 23.4 Å². The quantitative estimate of drug-likeness (QED) is 0.904. The molecule has 1 aromatic heterocycles. The lowest BCUT2D eigenvalue weighted by molar-refractivity contribution is 0.226. The fourth-order valence-electron chi connectivity index (χ4n) is 3.52. The third kappa shape index (κ3) is 2.57. The number of nitrogens with one attached hydrogen (secondary N) is 1. The van der Waals surface area contributed by atoms with Crippen LogP contribution in [0.4, 0.5) is 11.8 Å². The highest BCUT2D eigenvalue weighted by Gasteiger charge is 2.37. The summed E-state index contributed by atoms with van der Waals surface area (Å²) < 4.78 is 0.994. The molecular weight excluding hydrogens is 304 g/mol. The Bertz CT molecular complexity index is 447. The third-order valence-electron chi connectivity index (χ3n) is 4.74. The summed E-state index contributed by atoms with van der Waals surface area (Å²) in [6, 6.07) is 0. The van der Waals surface area contributed by atoms with Crippen molar-refractivity contribution in [1.82, 2.24) is 9.97 Å². The number of piperidine rings is 1. The third-order valence-corrected chi connectivity index (χ3v) is 5.30.